The van der Waals surface area contributed by atoms with Gasteiger partial charge in [-0.2, -0.15) is 0 Å². The third kappa shape index (κ3) is 5.52. The van der Waals surface area contributed by atoms with Gasteiger partial charge in [-0.15, -0.1) is 0 Å². The summed E-state index contributed by atoms with van der Waals surface area (Å²) >= 11 is 24.8. The Bertz CT molecular complexity index is 1430. The van der Waals surface area contributed by atoms with Gasteiger partial charge in [-0.1, -0.05) is 64.6 Å². The number of hydrogen-bond acceptors (Lipinski definition) is 4. The Morgan fingerprint density at radius 2 is 1.66 bits per heavy atom. The quantitative estimate of drug-likeness (QED) is 0.263. The summed E-state index contributed by atoms with van der Waals surface area (Å²) in [7, 11) is 0. The number of pyridine rings is 2. The number of aliphatic carboxylic acids is 1. The van der Waals surface area contributed by atoms with E-state index in [9.17, 15) is 14.7 Å². The van der Waals surface area contributed by atoms with Gasteiger partial charge in [0.1, 0.15) is 11.2 Å². The van der Waals surface area contributed by atoms with Gasteiger partial charge in [0, 0.05) is 23.1 Å². The van der Waals surface area contributed by atoms with Crippen LogP contribution in [0.5, 0.6) is 0 Å². The number of carbonyl (C=O) groups excluding carboxylic acids is 1. The van der Waals surface area contributed by atoms with Crippen molar-refractivity contribution in [2.45, 2.75) is 19.4 Å². The topological polar surface area (TPSA) is 92.2 Å². The fourth-order valence-electron chi connectivity index (χ4n) is 3.65. The average molecular weight is 549 g/mol. The van der Waals surface area contributed by atoms with Gasteiger partial charge in [0.15, 0.2) is 0 Å². The van der Waals surface area contributed by atoms with Gasteiger partial charge in [0.05, 0.1) is 31.8 Å². The van der Waals surface area contributed by atoms with Crippen LogP contribution in [0.15, 0.2) is 54.6 Å². The van der Waals surface area contributed by atoms with E-state index in [2.05, 4.69) is 15.3 Å². The highest BCUT2D eigenvalue weighted by molar-refractivity contribution is 6.39. The average Bonchev–Trinajstić information content (AvgIpc) is 2.77. The standard InChI is InChI=1S/C25H17Cl4N3O3/c1-12-9-17(28)22(23(29)30-12)24(33)32-20(25(34)35)11-13-5-7-18-14(10-13)6-8-19(31-18)21-15(26)3-2-4-16(21)27/h2-10,20H,11H2,1H3,(H,32,33)(H,34,35)/t20-/m0/s1. The number of carboxylic acids is 1. The van der Waals surface area contributed by atoms with Crippen LogP contribution in [0.2, 0.25) is 20.2 Å². The van der Waals surface area contributed by atoms with Gasteiger partial charge in [0.2, 0.25) is 0 Å². The van der Waals surface area contributed by atoms with E-state index in [1.807, 2.05) is 12.1 Å². The van der Waals surface area contributed by atoms with Crippen LogP contribution in [-0.2, 0) is 11.2 Å². The lowest BCUT2D eigenvalue weighted by Gasteiger charge is -2.16. The summed E-state index contributed by atoms with van der Waals surface area (Å²) in [5.74, 6) is -1.92. The first-order valence-corrected chi connectivity index (χ1v) is 11.9. The van der Waals surface area contributed by atoms with Crippen molar-refractivity contribution in [1.82, 2.24) is 15.3 Å². The van der Waals surface area contributed by atoms with E-state index in [1.165, 1.54) is 6.07 Å². The molecule has 2 N–H and O–H groups in total. The van der Waals surface area contributed by atoms with E-state index < -0.39 is 17.9 Å². The van der Waals surface area contributed by atoms with Crippen molar-refractivity contribution in [2.75, 3.05) is 0 Å². The van der Waals surface area contributed by atoms with Crippen LogP contribution in [0, 0.1) is 6.92 Å². The monoisotopic (exact) mass is 547 g/mol. The van der Waals surface area contributed by atoms with E-state index in [4.69, 9.17) is 46.4 Å². The molecule has 0 saturated carbocycles. The number of nitrogens with one attached hydrogen (secondary N) is 1. The summed E-state index contributed by atoms with van der Waals surface area (Å²) in [6.45, 7) is 1.68. The molecule has 0 aliphatic heterocycles. The van der Waals surface area contributed by atoms with Crippen molar-refractivity contribution in [3.63, 3.8) is 0 Å². The molecular weight excluding hydrogens is 532 g/mol. The lowest BCUT2D eigenvalue weighted by atomic mass is 10.0. The number of carbonyl (C=O) groups is 2. The Labute approximate surface area is 220 Å². The zero-order chi connectivity index (χ0) is 25.3. The molecule has 178 valence electrons. The number of nitrogens with zero attached hydrogens (tertiary/aromatic N) is 2. The normalized spacial score (nSPS) is 11.9. The molecule has 2 aromatic carbocycles. The van der Waals surface area contributed by atoms with Crippen LogP contribution in [0.25, 0.3) is 22.2 Å². The Kier molecular flexibility index (Phi) is 7.47. The molecule has 0 aliphatic carbocycles. The molecule has 0 unspecified atom stereocenters. The second kappa shape index (κ2) is 10.4. The Balaban J connectivity index is 1.58. The van der Waals surface area contributed by atoms with E-state index in [1.54, 1.807) is 43.3 Å². The molecule has 10 heteroatoms. The first-order valence-electron chi connectivity index (χ1n) is 10.3. The van der Waals surface area contributed by atoms with E-state index >= 15 is 0 Å². The number of carboxylic acid groups (broad SMARTS) is 1. The molecule has 0 saturated heterocycles. The van der Waals surface area contributed by atoms with Crippen LogP contribution >= 0.6 is 46.4 Å². The molecule has 35 heavy (non-hydrogen) atoms. The maximum absolute atomic E-state index is 12.7. The number of aromatic nitrogens is 2. The summed E-state index contributed by atoms with van der Waals surface area (Å²) in [4.78, 5) is 33.3. The third-order valence-corrected chi connectivity index (χ3v) is 6.50. The highest BCUT2D eigenvalue weighted by Crippen LogP contribution is 2.34. The minimum absolute atomic E-state index is 0.0314. The number of hydrogen-bond donors (Lipinski definition) is 2. The van der Waals surface area contributed by atoms with Crippen molar-refractivity contribution in [2.24, 2.45) is 0 Å². The maximum atomic E-state index is 12.7. The van der Waals surface area contributed by atoms with E-state index in [-0.39, 0.29) is 22.2 Å². The molecule has 1 atom stereocenters. The SMILES string of the molecule is Cc1cc(Cl)c(C(=O)N[C@@H](Cc2ccc3nc(-c4c(Cl)cccc4Cl)ccc3c2)C(=O)O)c(Cl)n1. The Morgan fingerprint density at radius 3 is 2.31 bits per heavy atom. The summed E-state index contributed by atoms with van der Waals surface area (Å²) in [5, 5.41) is 14.0. The lowest BCUT2D eigenvalue weighted by molar-refractivity contribution is -0.139. The first-order chi connectivity index (χ1) is 16.6. The summed E-state index contributed by atoms with van der Waals surface area (Å²) in [6, 6.07) is 14.5. The molecule has 0 aliphatic rings. The molecule has 0 fully saturated rings. The molecule has 2 aromatic heterocycles. The Morgan fingerprint density at radius 1 is 0.943 bits per heavy atom. The van der Waals surface area contributed by atoms with Crippen molar-refractivity contribution in [3.05, 3.63) is 91.6 Å². The minimum Gasteiger partial charge on any atom is -0.480 e. The number of halogens is 4. The molecule has 4 aromatic rings. The summed E-state index contributed by atoms with van der Waals surface area (Å²) in [6.07, 6.45) is 0.0314. The zero-order valence-corrected chi connectivity index (χ0v) is 21.2. The van der Waals surface area contributed by atoms with Crippen LogP contribution in [0.3, 0.4) is 0 Å². The van der Waals surface area contributed by atoms with Crippen molar-refractivity contribution in [1.29, 1.82) is 0 Å². The number of rotatable bonds is 6. The van der Waals surface area contributed by atoms with Crippen LogP contribution in [-0.4, -0.2) is 33.0 Å². The highest BCUT2D eigenvalue weighted by Gasteiger charge is 2.25. The second-order valence-electron chi connectivity index (χ2n) is 7.80. The number of benzene rings is 2. The van der Waals surface area contributed by atoms with Crippen molar-refractivity contribution in [3.8, 4) is 11.3 Å². The van der Waals surface area contributed by atoms with Gasteiger partial charge in [-0.25, -0.2) is 14.8 Å². The van der Waals surface area contributed by atoms with E-state index in [0.29, 0.717) is 38.1 Å². The molecule has 0 spiro atoms. The number of fused-ring (bicyclic) bond motifs is 1. The smallest absolute Gasteiger partial charge is 0.326 e. The van der Waals surface area contributed by atoms with Gasteiger partial charge in [-0.05, 0) is 48.9 Å². The van der Waals surface area contributed by atoms with Gasteiger partial charge in [-0.3, -0.25) is 4.79 Å². The minimum atomic E-state index is -1.22. The van der Waals surface area contributed by atoms with Crippen molar-refractivity contribution < 1.29 is 14.7 Å². The largest absolute Gasteiger partial charge is 0.480 e. The second-order valence-corrected chi connectivity index (χ2v) is 9.38. The highest BCUT2D eigenvalue weighted by atomic mass is 35.5. The van der Waals surface area contributed by atoms with Gasteiger partial charge in [0.25, 0.3) is 5.91 Å². The Hall–Kier alpha value is -2.90. The summed E-state index contributed by atoms with van der Waals surface area (Å²) < 4.78 is 0. The van der Waals surface area contributed by atoms with Crippen molar-refractivity contribution >= 4 is 69.2 Å². The molecule has 2 heterocycles. The fraction of sp³-hybridized carbons (Fsp3) is 0.120. The third-order valence-electron chi connectivity index (χ3n) is 5.30. The molecule has 4 rings (SSSR count). The van der Waals surface area contributed by atoms with Gasteiger partial charge >= 0.3 is 5.97 Å². The first kappa shape index (κ1) is 25.2. The molecule has 0 bridgehead atoms. The fourth-order valence-corrected chi connectivity index (χ4v) is 4.94. The maximum Gasteiger partial charge on any atom is 0.326 e. The van der Waals surface area contributed by atoms with E-state index in [0.717, 1.165) is 5.39 Å². The van der Waals surface area contributed by atoms with Crippen LogP contribution in [0.4, 0.5) is 0 Å². The molecule has 6 nitrogen and oxygen atoms in total. The molecule has 1 amide bonds. The summed E-state index contributed by atoms with van der Waals surface area (Å²) in [5.41, 5.74) is 3.10. The number of amides is 1. The lowest BCUT2D eigenvalue weighted by Crippen LogP contribution is -2.42. The van der Waals surface area contributed by atoms with Crippen LogP contribution < -0.4 is 5.32 Å². The zero-order valence-electron chi connectivity index (χ0n) is 18.2. The molecule has 0 radical (unpaired) electrons. The predicted octanol–water partition coefficient (Wildman–Crippen LogP) is 6.64. The predicted molar refractivity (Wildman–Crippen MR) is 139 cm³/mol. The van der Waals surface area contributed by atoms with Crippen LogP contribution in [0.1, 0.15) is 21.6 Å². The molecular formula is C25H17Cl4N3O3. The van der Waals surface area contributed by atoms with Gasteiger partial charge < -0.3 is 10.4 Å². The number of aryl methyl sites for hydroxylation is 1.